The Kier molecular flexibility index (Phi) is 7.60. The van der Waals surface area contributed by atoms with Gasteiger partial charge in [0.1, 0.15) is 5.82 Å². The Morgan fingerprint density at radius 1 is 1.24 bits per heavy atom. The number of benzene rings is 2. The third kappa shape index (κ3) is 5.07. The number of aromatic nitrogens is 1. The van der Waals surface area contributed by atoms with Crippen LogP contribution in [0.4, 0.5) is 4.39 Å². The van der Waals surface area contributed by atoms with Crippen molar-refractivity contribution in [3.63, 3.8) is 0 Å². The van der Waals surface area contributed by atoms with Crippen molar-refractivity contribution in [2.45, 2.75) is 26.8 Å². The Hall–Kier alpha value is -3.76. The van der Waals surface area contributed by atoms with Crippen LogP contribution >= 0.6 is 22.9 Å². The molecular weight excluding hydrogens is 523 g/mol. The number of carbonyl (C=O) groups excluding carboxylic acids is 2. The number of nitrogens with zero attached hydrogens (tertiary/aromatic N) is 2. The summed E-state index contributed by atoms with van der Waals surface area (Å²) in [6.07, 6.45) is 1.37. The van der Waals surface area contributed by atoms with Crippen molar-refractivity contribution >= 4 is 41.0 Å². The van der Waals surface area contributed by atoms with E-state index in [0.717, 1.165) is 11.3 Å². The molecule has 3 aromatic rings. The fourth-order valence-electron chi connectivity index (χ4n) is 3.98. The van der Waals surface area contributed by atoms with Crippen LogP contribution in [-0.2, 0) is 14.3 Å². The second-order valence-corrected chi connectivity index (χ2v) is 9.36. The summed E-state index contributed by atoms with van der Waals surface area (Å²) in [5.41, 5.74) is 0.585. The average molecular weight is 545 g/mol. The van der Waals surface area contributed by atoms with Crippen LogP contribution in [-0.4, -0.2) is 30.2 Å². The number of halogens is 2. The standard InChI is InChI=1S/C26H22ClFN2O6S/c1-5-35-25(33)22-13(2)29-26-30(23(22)15-9-10-19(36-14(3)31)20(11-15)34-4)24(32)21(37-26)12-16-17(27)7-6-8-18(16)28/h6-12,23H,5H2,1-4H3/b21-12-/t23-/m0/s1. The predicted octanol–water partition coefficient (Wildman–Crippen LogP) is 3.52. The number of allylic oxidation sites excluding steroid dienone is 1. The molecule has 0 saturated heterocycles. The third-order valence-electron chi connectivity index (χ3n) is 5.55. The molecule has 37 heavy (non-hydrogen) atoms. The lowest BCUT2D eigenvalue weighted by molar-refractivity contribution is -0.139. The molecule has 192 valence electrons. The first kappa shape index (κ1) is 26.3. The molecule has 0 N–H and O–H groups in total. The molecule has 0 bridgehead atoms. The van der Waals surface area contributed by atoms with Gasteiger partial charge in [-0.3, -0.25) is 14.2 Å². The Labute approximate surface area is 219 Å². The van der Waals surface area contributed by atoms with Gasteiger partial charge in [0.05, 0.1) is 40.6 Å². The van der Waals surface area contributed by atoms with Crippen molar-refractivity contribution in [1.29, 1.82) is 0 Å². The summed E-state index contributed by atoms with van der Waals surface area (Å²) in [4.78, 5) is 43.0. The van der Waals surface area contributed by atoms with Crippen molar-refractivity contribution in [1.82, 2.24) is 4.57 Å². The van der Waals surface area contributed by atoms with E-state index < -0.39 is 29.4 Å². The summed E-state index contributed by atoms with van der Waals surface area (Å²) in [7, 11) is 1.41. The predicted molar refractivity (Wildman–Crippen MR) is 136 cm³/mol. The number of carbonyl (C=O) groups is 2. The highest BCUT2D eigenvalue weighted by molar-refractivity contribution is 7.07. The number of esters is 2. The lowest BCUT2D eigenvalue weighted by Gasteiger charge is -2.25. The van der Waals surface area contributed by atoms with Gasteiger partial charge < -0.3 is 14.2 Å². The second kappa shape index (κ2) is 10.7. The molecule has 8 nitrogen and oxygen atoms in total. The fraction of sp³-hybridized carbons (Fsp3) is 0.231. The number of methoxy groups -OCH3 is 1. The molecule has 0 aliphatic carbocycles. The van der Waals surface area contributed by atoms with Crippen LogP contribution in [0.15, 0.2) is 57.5 Å². The van der Waals surface area contributed by atoms with Crippen LogP contribution in [0, 0.1) is 5.82 Å². The van der Waals surface area contributed by atoms with Gasteiger partial charge in [-0.05, 0) is 49.8 Å². The molecule has 0 saturated carbocycles. The van der Waals surface area contributed by atoms with E-state index in [4.69, 9.17) is 25.8 Å². The summed E-state index contributed by atoms with van der Waals surface area (Å²) >= 11 is 7.21. The lowest BCUT2D eigenvalue weighted by atomic mass is 9.95. The molecule has 0 spiro atoms. The Morgan fingerprint density at radius 3 is 2.65 bits per heavy atom. The molecule has 1 atom stereocenters. The largest absolute Gasteiger partial charge is 0.493 e. The van der Waals surface area contributed by atoms with Crippen molar-refractivity contribution < 1.29 is 28.2 Å². The highest BCUT2D eigenvalue weighted by Crippen LogP contribution is 2.36. The molecule has 0 radical (unpaired) electrons. The second-order valence-electron chi connectivity index (χ2n) is 7.94. The monoisotopic (exact) mass is 544 g/mol. The van der Waals surface area contributed by atoms with Crippen LogP contribution in [0.5, 0.6) is 11.5 Å². The van der Waals surface area contributed by atoms with Crippen molar-refractivity contribution in [2.75, 3.05) is 13.7 Å². The molecule has 11 heteroatoms. The molecule has 1 aromatic heterocycles. The highest BCUT2D eigenvalue weighted by atomic mass is 35.5. The zero-order valence-corrected chi connectivity index (χ0v) is 21.9. The zero-order valence-electron chi connectivity index (χ0n) is 20.3. The molecule has 0 fully saturated rings. The number of fused-ring (bicyclic) bond motifs is 1. The van der Waals surface area contributed by atoms with Crippen LogP contribution in [0.2, 0.25) is 5.02 Å². The molecule has 0 amide bonds. The van der Waals surface area contributed by atoms with Crippen molar-refractivity contribution in [3.05, 3.63) is 89.3 Å². The van der Waals surface area contributed by atoms with E-state index in [1.807, 2.05) is 0 Å². The smallest absolute Gasteiger partial charge is 0.338 e. The number of hydrogen-bond donors (Lipinski definition) is 0. The minimum Gasteiger partial charge on any atom is -0.493 e. The summed E-state index contributed by atoms with van der Waals surface area (Å²) in [6.45, 7) is 4.70. The topological polar surface area (TPSA) is 96.2 Å². The van der Waals surface area contributed by atoms with E-state index in [9.17, 15) is 18.8 Å². The molecule has 2 heterocycles. The van der Waals surface area contributed by atoms with E-state index in [2.05, 4.69) is 4.99 Å². The van der Waals surface area contributed by atoms with Gasteiger partial charge in [-0.1, -0.05) is 35.1 Å². The third-order valence-corrected chi connectivity index (χ3v) is 6.86. The first-order valence-corrected chi connectivity index (χ1v) is 12.4. The Morgan fingerprint density at radius 2 is 2.00 bits per heavy atom. The van der Waals surface area contributed by atoms with Crippen LogP contribution in [0.3, 0.4) is 0 Å². The maximum atomic E-state index is 14.5. The number of hydrogen-bond acceptors (Lipinski definition) is 8. The minimum atomic E-state index is -0.936. The first-order valence-electron chi connectivity index (χ1n) is 11.2. The molecular formula is C26H22ClFN2O6S. The van der Waals surface area contributed by atoms with Gasteiger partial charge in [0.2, 0.25) is 0 Å². The van der Waals surface area contributed by atoms with E-state index in [1.54, 1.807) is 26.0 Å². The summed E-state index contributed by atoms with van der Waals surface area (Å²) in [5.74, 6) is -1.34. The number of thiazole rings is 1. The number of rotatable bonds is 6. The summed E-state index contributed by atoms with van der Waals surface area (Å²) in [6, 6.07) is 8.02. The SMILES string of the molecule is CCOC(=O)C1=C(C)N=c2s/c(=C\c3c(F)cccc3Cl)c(=O)n2[C@H]1c1ccc(OC(C)=O)c(OC)c1. The normalized spacial score (nSPS) is 15.2. The number of ether oxygens (including phenoxy) is 3. The van der Waals surface area contributed by atoms with E-state index in [0.29, 0.717) is 16.1 Å². The molecule has 2 aromatic carbocycles. The van der Waals surface area contributed by atoms with Crippen LogP contribution in [0.1, 0.15) is 37.9 Å². The van der Waals surface area contributed by atoms with Gasteiger partial charge in [0, 0.05) is 12.5 Å². The summed E-state index contributed by atoms with van der Waals surface area (Å²) < 4.78 is 31.9. The van der Waals surface area contributed by atoms with E-state index in [-0.39, 0.29) is 38.8 Å². The minimum absolute atomic E-state index is 0.0692. The van der Waals surface area contributed by atoms with Crippen molar-refractivity contribution in [3.8, 4) is 11.5 Å². The molecule has 0 unspecified atom stereocenters. The zero-order chi connectivity index (χ0) is 26.9. The molecule has 1 aliphatic heterocycles. The van der Waals surface area contributed by atoms with Gasteiger partial charge in [-0.2, -0.15) is 0 Å². The average Bonchev–Trinajstić information content (AvgIpc) is 3.15. The van der Waals surface area contributed by atoms with Gasteiger partial charge in [0.15, 0.2) is 16.3 Å². The quantitative estimate of drug-likeness (QED) is 0.348. The van der Waals surface area contributed by atoms with Gasteiger partial charge in [-0.25, -0.2) is 14.2 Å². The van der Waals surface area contributed by atoms with E-state index >= 15 is 0 Å². The highest BCUT2D eigenvalue weighted by Gasteiger charge is 2.34. The fourth-order valence-corrected chi connectivity index (χ4v) is 5.23. The maximum absolute atomic E-state index is 14.5. The van der Waals surface area contributed by atoms with E-state index in [1.165, 1.54) is 48.9 Å². The van der Waals surface area contributed by atoms with Gasteiger partial charge >= 0.3 is 11.9 Å². The van der Waals surface area contributed by atoms with Crippen LogP contribution in [0.25, 0.3) is 6.08 Å². The lowest BCUT2D eigenvalue weighted by Crippen LogP contribution is -2.40. The first-order chi connectivity index (χ1) is 17.7. The Bertz CT molecular complexity index is 1600. The Balaban J connectivity index is 1.98. The molecule has 1 aliphatic rings. The van der Waals surface area contributed by atoms with Crippen molar-refractivity contribution in [2.24, 2.45) is 4.99 Å². The van der Waals surface area contributed by atoms with Gasteiger partial charge in [0.25, 0.3) is 5.56 Å². The summed E-state index contributed by atoms with van der Waals surface area (Å²) in [5, 5.41) is 0.150. The van der Waals surface area contributed by atoms with Crippen LogP contribution < -0.4 is 24.4 Å². The molecule has 4 rings (SSSR count). The maximum Gasteiger partial charge on any atom is 0.338 e. The van der Waals surface area contributed by atoms with Gasteiger partial charge in [-0.15, -0.1) is 0 Å².